The quantitative estimate of drug-likeness (QED) is 0.370. The normalized spacial score (nSPS) is 13.7. The summed E-state index contributed by atoms with van der Waals surface area (Å²) in [6.45, 7) is 1.76. The highest BCUT2D eigenvalue weighted by atomic mass is 16.5. The second-order valence-corrected chi connectivity index (χ2v) is 7.12. The van der Waals surface area contributed by atoms with Crippen LogP contribution in [0.2, 0.25) is 0 Å². The highest BCUT2D eigenvalue weighted by molar-refractivity contribution is 6.15. The smallest absolute Gasteiger partial charge is 0.343 e. The van der Waals surface area contributed by atoms with Gasteiger partial charge in [-0.05, 0) is 55.0 Å². The van der Waals surface area contributed by atoms with Crippen molar-refractivity contribution in [3.8, 4) is 11.5 Å². The van der Waals surface area contributed by atoms with E-state index in [0.29, 0.717) is 28.2 Å². The molecular formula is C24H20N2O4. The van der Waals surface area contributed by atoms with Crippen molar-refractivity contribution in [2.45, 2.75) is 6.92 Å². The summed E-state index contributed by atoms with van der Waals surface area (Å²) in [5.41, 5.74) is 3.36. The molecule has 1 aliphatic rings. The summed E-state index contributed by atoms with van der Waals surface area (Å²) in [7, 11) is 3.94. The first-order chi connectivity index (χ1) is 14.4. The fraction of sp³-hybridized carbons (Fsp3) is 0.125. The van der Waals surface area contributed by atoms with Gasteiger partial charge in [0.1, 0.15) is 11.5 Å². The van der Waals surface area contributed by atoms with Crippen LogP contribution in [0.3, 0.4) is 0 Å². The van der Waals surface area contributed by atoms with E-state index in [4.69, 9.17) is 9.47 Å². The maximum Gasteiger partial charge on any atom is 0.343 e. The van der Waals surface area contributed by atoms with Crippen LogP contribution >= 0.6 is 0 Å². The molecule has 2 aromatic carbocycles. The zero-order valence-electron chi connectivity index (χ0n) is 16.9. The number of benzene rings is 2. The molecule has 1 aliphatic heterocycles. The van der Waals surface area contributed by atoms with E-state index in [9.17, 15) is 9.59 Å². The fourth-order valence-electron chi connectivity index (χ4n) is 3.15. The monoisotopic (exact) mass is 400 g/mol. The van der Waals surface area contributed by atoms with Crippen LogP contribution in [-0.2, 0) is 0 Å². The first kappa shape index (κ1) is 19.4. The van der Waals surface area contributed by atoms with Gasteiger partial charge in [0, 0.05) is 37.7 Å². The standard InChI is InChI=1S/C24H20N2O4/c1-15-20(30-24(28)17-10-12-25-13-11-17)9-8-19-22(27)21(29-23(15)19)14-16-4-6-18(7-5-16)26(2)3/h4-14H,1-3H3/b21-14-. The van der Waals surface area contributed by atoms with Gasteiger partial charge in [-0.25, -0.2) is 4.79 Å². The Morgan fingerprint density at radius 2 is 1.73 bits per heavy atom. The van der Waals surface area contributed by atoms with Gasteiger partial charge in [0.05, 0.1) is 11.1 Å². The number of carbonyl (C=O) groups excluding carboxylic acids is 2. The van der Waals surface area contributed by atoms with Crippen molar-refractivity contribution < 1.29 is 19.1 Å². The number of hydrogen-bond acceptors (Lipinski definition) is 6. The molecule has 0 bridgehead atoms. The van der Waals surface area contributed by atoms with Crippen molar-refractivity contribution in [1.29, 1.82) is 0 Å². The van der Waals surface area contributed by atoms with E-state index in [1.54, 1.807) is 37.3 Å². The average Bonchev–Trinajstić information content (AvgIpc) is 3.07. The molecule has 4 rings (SSSR count). The van der Waals surface area contributed by atoms with Crippen LogP contribution in [0.5, 0.6) is 11.5 Å². The van der Waals surface area contributed by atoms with E-state index in [-0.39, 0.29) is 11.5 Å². The Kier molecular flexibility index (Phi) is 5.06. The highest BCUT2D eigenvalue weighted by Gasteiger charge is 2.30. The van der Waals surface area contributed by atoms with Gasteiger partial charge in [-0.3, -0.25) is 9.78 Å². The third kappa shape index (κ3) is 3.67. The molecule has 3 aromatic rings. The molecular weight excluding hydrogens is 380 g/mol. The number of pyridine rings is 1. The Morgan fingerprint density at radius 1 is 1.03 bits per heavy atom. The Hall–Kier alpha value is -3.93. The number of nitrogens with zero attached hydrogens (tertiary/aromatic N) is 2. The lowest BCUT2D eigenvalue weighted by Gasteiger charge is -2.12. The third-order valence-corrected chi connectivity index (χ3v) is 4.86. The summed E-state index contributed by atoms with van der Waals surface area (Å²) in [5.74, 6) is 0.303. The van der Waals surface area contributed by atoms with Crippen LogP contribution in [0.25, 0.3) is 6.08 Å². The van der Waals surface area contributed by atoms with Gasteiger partial charge < -0.3 is 14.4 Å². The SMILES string of the molecule is Cc1c(OC(=O)c2ccncc2)ccc2c1O/C(=C\c1ccc(N(C)C)cc1)C2=O. The van der Waals surface area contributed by atoms with Gasteiger partial charge in [0.2, 0.25) is 5.78 Å². The van der Waals surface area contributed by atoms with E-state index in [1.807, 2.05) is 43.3 Å². The number of aromatic nitrogens is 1. The Labute approximate surface area is 174 Å². The number of fused-ring (bicyclic) bond motifs is 1. The predicted molar refractivity (Wildman–Crippen MR) is 114 cm³/mol. The number of rotatable bonds is 4. The lowest BCUT2D eigenvalue weighted by Crippen LogP contribution is -2.09. The van der Waals surface area contributed by atoms with Crippen LogP contribution in [-0.4, -0.2) is 30.8 Å². The number of ketones is 1. The lowest BCUT2D eigenvalue weighted by molar-refractivity contribution is 0.0733. The first-order valence-electron chi connectivity index (χ1n) is 9.41. The summed E-state index contributed by atoms with van der Waals surface area (Å²) >= 11 is 0. The number of hydrogen-bond donors (Lipinski definition) is 0. The van der Waals surface area contributed by atoms with Crippen LogP contribution in [0.4, 0.5) is 5.69 Å². The minimum atomic E-state index is -0.499. The van der Waals surface area contributed by atoms with Gasteiger partial charge in [-0.2, -0.15) is 0 Å². The molecule has 0 atom stereocenters. The molecule has 1 aromatic heterocycles. The van der Waals surface area contributed by atoms with E-state index < -0.39 is 5.97 Å². The largest absolute Gasteiger partial charge is 0.452 e. The average molecular weight is 400 g/mol. The van der Waals surface area contributed by atoms with Crippen molar-refractivity contribution in [2.24, 2.45) is 0 Å². The molecule has 0 saturated carbocycles. The van der Waals surface area contributed by atoms with Crippen LogP contribution in [0.1, 0.15) is 31.8 Å². The Bertz CT molecular complexity index is 1150. The molecule has 150 valence electrons. The number of allylic oxidation sites excluding steroid dienone is 1. The number of carbonyl (C=O) groups is 2. The molecule has 0 saturated heterocycles. The van der Waals surface area contributed by atoms with Crippen molar-refractivity contribution in [1.82, 2.24) is 4.98 Å². The second-order valence-electron chi connectivity index (χ2n) is 7.12. The molecule has 0 fully saturated rings. The fourth-order valence-corrected chi connectivity index (χ4v) is 3.15. The summed E-state index contributed by atoms with van der Waals surface area (Å²) in [5, 5.41) is 0. The molecule has 6 heteroatoms. The molecule has 0 aliphatic carbocycles. The molecule has 0 unspecified atom stereocenters. The van der Waals surface area contributed by atoms with E-state index in [0.717, 1.165) is 11.3 Å². The topological polar surface area (TPSA) is 68.7 Å². The molecule has 6 nitrogen and oxygen atoms in total. The summed E-state index contributed by atoms with van der Waals surface area (Å²) in [6, 6.07) is 14.2. The summed E-state index contributed by atoms with van der Waals surface area (Å²) in [4.78, 5) is 31.0. The highest BCUT2D eigenvalue weighted by Crippen LogP contribution is 2.39. The first-order valence-corrected chi connectivity index (χ1v) is 9.41. The van der Waals surface area contributed by atoms with Gasteiger partial charge in [0.15, 0.2) is 5.76 Å². The van der Waals surface area contributed by atoms with Crippen molar-refractivity contribution in [2.75, 3.05) is 19.0 Å². The van der Waals surface area contributed by atoms with E-state index in [2.05, 4.69) is 4.98 Å². The number of anilines is 1. The van der Waals surface area contributed by atoms with Crippen molar-refractivity contribution in [3.63, 3.8) is 0 Å². The molecule has 0 N–H and O–H groups in total. The zero-order chi connectivity index (χ0) is 21.3. The lowest BCUT2D eigenvalue weighted by atomic mass is 10.1. The summed E-state index contributed by atoms with van der Waals surface area (Å²) in [6.07, 6.45) is 4.76. The maximum absolute atomic E-state index is 12.8. The molecule has 0 radical (unpaired) electrons. The van der Waals surface area contributed by atoms with Gasteiger partial charge in [0.25, 0.3) is 0 Å². The Balaban J connectivity index is 1.58. The zero-order valence-corrected chi connectivity index (χ0v) is 16.9. The number of esters is 1. The molecule has 30 heavy (non-hydrogen) atoms. The maximum atomic E-state index is 12.8. The van der Waals surface area contributed by atoms with Crippen LogP contribution < -0.4 is 14.4 Å². The minimum absolute atomic E-state index is 0.197. The number of ether oxygens (including phenoxy) is 2. The predicted octanol–water partition coefficient (Wildman–Crippen LogP) is 4.29. The second kappa shape index (κ2) is 7.83. The molecule has 2 heterocycles. The molecule has 0 amide bonds. The van der Waals surface area contributed by atoms with E-state index >= 15 is 0 Å². The van der Waals surface area contributed by atoms with Crippen molar-refractivity contribution >= 4 is 23.5 Å². The van der Waals surface area contributed by atoms with Gasteiger partial charge >= 0.3 is 5.97 Å². The van der Waals surface area contributed by atoms with Gasteiger partial charge in [-0.1, -0.05) is 12.1 Å². The Morgan fingerprint density at radius 3 is 2.40 bits per heavy atom. The van der Waals surface area contributed by atoms with Crippen LogP contribution in [0.15, 0.2) is 66.7 Å². The number of Topliss-reactive ketones (excluding diaryl/α,β-unsaturated/α-hetero) is 1. The third-order valence-electron chi connectivity index (χ3n) is 4.86. The minimum Gasteiger partial charge on any atom is -0.452 e. The van der Waals surface area contributed by atoms with E-state index in [1.165, 1.54) is 12.4 Å². The van der Waals surface area contributed by atoms with Crippen molar-refractivity contribution in [3.05, 3.63) is 88.9 Å². The summed E-state index contributed by atoms with van der Waals surface area (Å²) < 4.78 is 11.4. The van der Waals surface area contributed by atoms with Crippen LogP contribution in [0, 0.1) is 6.92 Å². The van der Waals surface area contributed by atoms with Gasteiger partial charge in [-0.15, -0.1) is 0 Å². The molecule has 0 spiro atoms.